The van der Waals surface area contributed by atoms with Crippen LogP contribution >= 0.6 is 11.6 Å². The first kappa shape index (κ1) is 13.4. The summed E-state index contributed by atoms with van der Waals surface area (Å²) in [7, 11) is 0. The first-order chi connectivity index (χ1) is 8.70. The fourth-order valence-corrected chi connectivity index (χ4v) is 2.53. The Bertz CT molecular complexity index is 416. The number of rotatable bonds is 4. The Balaban J connectivity index is 2.02. The standard InChI is InChI=1S/C14H19ClN2O/c1-2-17(14(18)13-7-4-8-16-13)10-11-5-3-6-12(15)9-11/h3,5-6,9,13,16H,2,4,7-8,10H2,1H3/t13-/m0/s1. The van der Waals surface area contributed by atoms with E-state index in [0.717, 1.165) is 36.5 Å². The van der Waals surface area contributed by atoms with Gasteiger partial charge in [-0.1, -0.05) is 23.7 Å². The minimum absolute atomic E-state index is 0.00383. The van der Waals surface area contributed by atoms with Gasteiger partial charge in [0.05, 0.1) is 6.04 Å². The second-order valence-corrected chi connectivity index (χ2v) is 5.07. The summed E-state index contributed by atoms with van der Waals surface area (Å²) in [6.07, 6.45) is 2.04. The van der Waals surface area contributed by atoms with Crippen LogP contribution in [0.5, 0.6) is 0 Å². The molecule has 4 heteroatoms. The predicted octanol–water partition coefficient (Wildman–Crippen LogP) is 2.44. The largest absolute Gasteiger partial charge is 0.337 e. The van der Waals surface area contributed by atoms with Crippen LogP contribution < -0.4 is 5.32 Å². The molecular weight excluding hydrogens is 248 g/mol. The Kier molecular flexibility index (Phi) is 4.61. The van der Waals surface area contributed by atoms with Crippen LogP contribution in [0.3, 0.4) is 0 Å². The van der Waals surface area contributed by atoms with Gasteiger partial charge < -0.3 is 10.2 Å². The van der Waals surface area contributed by atoms with E-state index < -0.39 is 0 Å². The number of nitrogens with one attached hydrogen (secondary N) is 1. The van der Waals surface area contributed by atoms with Gasteiger partial charge >= 0.3 is 0 Å². The quantitative estimate of drug-likeness (QED) is 0.908. The minimum Gasteiger partial charge on any atom is -0.337 e. The number of carbonyl (C=O) groups is 1. The average Bonchev–Trinajstić information content (AvgIpc) is 2.89. The highest BCUT2D eigenvalue weighted by Gasteiger charge is 2.25. The number of benzene rings is 1. The molecule has 0 unspecified atom stereocenters. The van der Waals surface area contributed by atoms with Crippen LogP contribution in [0, 0.1) is 0 Å². The molecule has 0 aromatic heterocycles. The molecule has 0 aliphatic carbocycles. The molecule has 1 amide bonds. The SMILES string of the molecule is CCN(Cc1cccc(Cl)c1)C(=O)[C@@H]1CCCN1. The summed E-state index contributed by atoms with van der Waals surface area (Å²) in [5, 5.41) is 3.97. The lowest BCUT2D eigenvalue weighted by Crippen LogP contribution is -2.43. The lowest BCUT2D eigenvalue weighted by Gasteiger charge is -2.24. The van der Waals surface area contributed by atoms with E-state index in [0.29, 0.717) is 6.54 Å². The molecule has 1 saturated heterocycles. The van der Waals surface area contributed by atoms with Crippen LogP contribution in [-0.2, 0) is 11.3 Å². The molecule has 0 spiro atoms. The molecule has 0 radical (unpaired) electrons. The van der Waals surface area contributed by atoms with Crippen molar-refractivity contribution in [2.75, 3.05) is 13.1 Å². The Morgan fingerprint density at radius 2 is 2.39 bits per heavy atom. The number of nitrogens with zero attached hydrogens (tertiary/aromatic N) is 1. The van der Waals surface area contributed by atoms with Crippen LogP contribution in [0.1, 0.15) is 25.3 Å². The van der Waals surface area contributed by atoms with Crippen LogP contribution in [0.15, 0.2) is 24.3 Å². The van der Waals surface area contributed by atoms with Gasteiger partial charge in [0, 0.05) is 18.1 Å². The fraction of sp³-hybridized carbons (Fsp3) is 0.500. The third kappa shape index (κ3) is 3.24. The van der Waals surface area contributed by atoms with E-state index in [1.807, 2.05) is 36.1 Å². The number of likely N-dealkylation sites (N-methyl/N-ethyl adjacent to an activating group) is 1. The van der Waals surface area contributed by atoms with Crippen molar-refractivity contribution in [3.8, 4) is 0 Å². The summed E-state index contributed by atoms with van der Waals surface area (Å²) in [4.78, 5) is 14.2. The third-order valence-electron chi connectivity index (χ3n) is 3.31. The normalized spacial score (nSPS) is 18.9. The van der Waals surface area contributed by atoms with E-state index in [4.69, 9.17) is 11.6 Å². The lowest BCUT2D eigenvalue weighted by atomic mass is 10.1. The topological polar surface area (TPSA) is 32.3 Å². The van der Waals surface area contributed by atoms with Crippen molar-refractivity contribution in [3.05, 3.63) is 34.9 Å². The first-order valence-electron chi connectivity index (χ1n) is 6.47. The maximum absolute atomic E-state index is 12.3. The van der Waals surface area contributed by atoms with Gasteiger partial charge in [-0.2, -0.15) is 0 Å². The number of halogens is 1. The Morgan fingerprint density at radius 1 is 1.56 bits per heavy atom. The van der Waals surface area contributed by atoms with Gasteiger partial charge in [0.25, 0.3) is 0 Å². The fourth-order valence-electron chi connectivity index (χ4n) is 2.32. The molecule has 0 bridgehead atoms. The molecule has 1 atom stereocenters. The Labute approximate surface area is 113 Å². The average molecular weight is 267 g/mol. The van der Waals surface area contributed by atoms with Crippen molar-refractivity contribution in [1.29, 1.82) is 0 Å². The summed E-state index contributed by atoms with van der Waals surface area (Å²) in [6.45, 7) is 4.32. The zero-order valence-corrected chi connectivity index (χ0v) is 11.4. The molecule has 1 aliphatic heterocycles. The van der Waals surface area contributed by atoms with Crippen molar-refractivity contribution in [1.82, 2.24) is 10.2 Å². The van der Waals surface area contributed by atoms with Crippen molar-refractivity contribution < 1.29 is 4.79 Å². The summed E-state index contributed by atoms with van der Waals surface area (Å²) in [5.41, 5.74) is 1.08. The molecule has 1 fully saturated rings. The second kappa shape index (κ2) is 6.21. The van der Waals surface area contributed by atoms with Crippen LogP contribution in [0.2, 0.25) is 5.02 Å². The summed E-state index contributed by atoms with van der Waals surface area (Å²) >= 11 is 5.96. The van der Waals surface area contributed by atoms with Gasteiger partial charge in [-0.25, -0.2) is 0 Å². The molecule has 2 rings (SSSR count). The summed E-state index contributed by atoms with van der Waals surface area (Å²) in [6, 6.07) is 7.69. The first-order valence-corrected chi connectivity index (χ1v) is 6.85. The van der Waals surface area contributed by atoms with Gasteiger partial charge in [0.2, 0.25) is 5.91 Å². The van der Waals surface area contributed by atoms with Crippen LogP contribution in [0.25, 0.3) is 0 Å². The maximum atomic E-state index is 12.3. The number of amides is 1. The van der Waals surface area contributed by atoms with Crippen LogP contribution in [-0.4, -0.2) is 29.9 Å². The monoisotopic (exact) mass is 266 g/mol. The molecular formula is C14H19ClN2O. The van der Waals surface area contributed by atoms with Crippen molar-refractivity contribution in [2.45, 2.75) is 32.4 Å². The van der Waals surface area contributed by atoms with E-state index in [-0.39, 0.29) is 11.9 Å². The number of carbonyl (C=O) groups excluding carboxylic acids is 1. The van der Waals surface area contributed by atoms with Crippen molar-refractivity contribution in [2.24, 2.45) is 0 Å². The molecule has 3 nitrogen and oxygen atoms in total. The van der Waals surface area contributed by atoms with E-state index in [1.165, 1.54) is 0 Å². The van der Waals surface area contributed by atoms with E-state index >= 15 is 0 Å². The Hall–Kier alpha value is -1.06. The zero-order valence-electron chi connectivity index (χ0n) is 10.7. The molecule has 1 aliphatic rings. The second-order valence-electron chi connectivity index (χ2n) is 4.63. The molecule has 1 heterocycles. The Morgan fingerprint density at radius 3 is 3.00 bits per heavy atom. The van der Waals surface area contributed by atoms with E-state index in [9.17, 15) is 4.79 Å². The van der Waals surface area contributed by atoms with E-state index in [2.05, 4.69) is 5.32 Å². The maximum Gasteiger partial charge on any atom is 0.239 e. The third-order valence-corrected chi connectivity index (χ3v) is 3.55. The van der Waals surface area contributed by atoms with Crippen LogP contribution in [0.4, 0.5) is 0 Å². The highest BCUT2D eigenvalue weighted by molar-refractivity contribution is 6.30. The smallest absolute Gasteiger partial charge is 0.239 e. The summed E-state index contributed by atoms with van der Waals surface area (Å²) < 4.78 is 0. The highest BCUT2D eigenvalue weighted by Crippen LogP contribution is 2.15. The molecule has 0 saturated carbocycles. The lowest BCUT2D eigenvalue weighted by molar-refractivity contribution is -0.133. The van der Waals surface area contributed by atoms with Crippen molar-refractivity contribution in [3.63, 3.8) is 0 Å². The molecule has 1 aromatic rings. The van der Waals surface area contributed by atoms with Gasteiger partial charge in [0.15, 0.2) is 0 Å². The van der Waals surface area contributed by atoms with Gasteiger partial charge in [-0.15, -0.1) is 0 Å². The zero-order chi connectivity index (χ0) is 13.0. The predicted molar refractivity (Wildman–Crippen MR) is 73.6 cm³/mol. The van der Waals surface area contributed by atoms with Gasteiger partial charge in [-0.05, 0) is 44.0 Å². The number of hydrogen-bond acceptors (Lipinski definition) is 2. The van der Waals surface area contributed by atoms with Gasteiger partial charge in [-0.3, -0.25) is 4.79 Å². The molecule has 18 heavy (non-hydrogen) atoms. The van der Waals surface area contributed by atoms with Gasteiger partial charge in [0.1, 0.15) is 0 Å². The molecule has 98 valence electrons. The molecule has 1 aromatic carbocycles. The van der Waals surface area contributed by atoms with E-state index in [1.54, 1.807) is 0 Å². The molecule has 1 N–H and O–H groups in total. The highest BCUT2D eigenvalue weighted by atomic mass is 35.5. The number of hydrogen-bond donors (Lipinski definition) is 1. The van der Waals surface area contributed by atoms with Crippen molar-refractivity contribution >= 4 is 17.5 Å². The summed E-state index contributed by atoms with van der Waals surface area (Å²) in [5.74, 6) is 0.204. The minimum atomic E-state index is 0.00383.